The van der Waals surface area contributed by atoms with Gasteiger partial charge in [-0.05, 0) is 40.9 Å². The molecule has 0 spiro atoms. The fraction of sp³-hybridized carbons (Fsp3) is 0.500. The second kappa shape index (κ2) is 4.75. The van der Waals surface area contributed by atoms with Gasteiger partial charge in [0.25, 0.3) is 0 Å². The van der Waals surface area contributed by atoms with Crippen molar-refractivity contribution in [1.82, 2.24) is 4.98 Å². The van der Waals surface area contributed by atoms with Crippen LogP contribution < -0.4 is 5.32 Å². The van der Waals surface area contributed by atoms with E-state index in [9.17, 15) is 0 Å². The largest absolute Gasteiger partial charge is 0.379 e. The molecule has 0 amide bonds. The van der Waals surface area contributed by atoms with Crippen molar-refractivity contribution < 1.29 is 4.74 Å². The van der Waals surface area contributed by atoms with Crippen molar-refractivity contribution in [3.8, 4) is 0 Å². The first-order valence-electron chi connectivity index (χ1n) is 4.80. The Morgan fingerprint density at radius 2 is 2.43 bits per heavy atom. The fourth-order valence-electron chi connectivity index (χ4n) is 1.55. The molecule has 1 N–H and O–H groups in total. The summed E-state index contributed by atoms with van der Waals surface area (Å²) >= 11 is 3.31. The van der Waals surface area contributed by atoms with Crippen LogP contribution in [0.2, 0.25) is 0 Å². The third-order valence-electron chi connectivity index (χ3n) is 2.26. The lowest BCUT2D eigenvalue weighted by molar-refractivity contribution is 0.0876. The Kier molecular flexibility index (Phi) is 3.37. The highest BCUT2D eigenvalue weighted by Gasteiger charge is 2.12. The summed E-state index contributed by atoms with van der Waals surface area (Å²) < 4.78 is 6.25. The number of hydrogen-bond donors (Lipinski definition) is 1. The number of rotatable bonds is 2. The van der Waals surface area contributed by atoms with Crippen LogP contribution in [0.15, 0.2) is 22.9 Å². The first kappa shape index (κ1) is 9.93. The van der Waals surface area contributed by atoms with Gasteiger partial charge in [0.2, 0.25) is 0 Å². The summed E-state index contributed by atoms with van der Waals surface area (Å²) in [7, 11) is 0. The molecule has 0 aromatic carbocycles. The summed E-state index contributed by atoms with van der Waals surface area (Å²) in [6.45, 7) is 1.70. The molecule has 4 heteroatoms. The van der Waals surface area contributed by atoms with E-state index < -0.39 is 0 Å². The van der Waals surface area contributed by atoms with Gasteiger partial charge < -0.3 is 10.1 Å². The van der Waals surface area contributed by atoms with E-state index in [-0.39, 0.29) is 0 Å². The minimum absolute atomic E-state index is 0.437. The van der Waals surface area contributed by atoms with E-state index in [0.29, 0.717) is 6.04 Å². The molecule has 1 atom stereocenters. The predicted octanol–water partition coefficient (Wildman–Crippen LogP) is 2.43. The first-order valence-corrected chi connectivity index (χ1v) is 5.60. The van der Waals surface area contributed by atoms with Gasteiger partial charge in [0.1, 0.15) is 4.60 Å². The normalized spacial score (nSPS) is 21.9. The van der Waals surface area contributed by atoms with Gasteiger partial charge in [0.15, 0.2) is 0 Å². The second-order valence-corrected chi connectivity index (χ2v) is 4.24. The highest BCUT2D eigenvalue weighted by molar-refractivity contribution is 9.10. The third kappa shape index (κ3) is 2.69. The van der Waals surface area contributed by atoms with Gasteiger partial charge in [-0.15, -0.1) is 0 Å². The van der Waals surface area contributed by atoms with E-state index in [1.807, 2.05) is 18.3 Å². The number of aromatic nitrogens is 1. The van der Waals surface area contributed by atoms with E-state index in [0.717, 1.165) is 29.9 Å². The standard InChI is InChI=1S/C10H13BrN2O/c11-10-4-3-8(6-12-10)13-9-2-1-5-14-7-9/h3-4,6,9,13H,1-2,5,7H2. The molecule has 2 rings (SSSR count). The molecule has 0 radical (unpaired) electrons. The van der Waals surface area contributed by atoms with Crippen molar-refractivity contribution >= 4 is 21.6 Å². The number of ether oxygens (including phenoxy) is 1. The molecule has 1 aromatic rings. The summed E-state index contributed by atoms with van der Waals surface area (Å²) in [5.74, 6) is 0. The van der Waals surface area contributed by atoms with Crippen LogP contribution in [-0.4, -0.2) is 24.2 Å². The topological polar surface area (TPSA) is 34.1 Å². The van der Waals surface area contributed by atoms with Gasteiger partial charge in [-0.2, -0.15) is 0 Å². The summed E-state index contributed by atoms with van der Waals surface area (Å²) in [6, 6.07) is 4.39. The van der Waals surface area contributed by atoms with Gasteiger partial charge in [-0.3, -0.25) is 0 Å². The van der Waals surface area contributed by atoms with E-state index in [1.165, 1.54) is 6.42 Å². The van der Waals surface area contributed by atoms with Crippen LogP contribution in [0.25, 0.3) is 0 Å². The number of pyridine rings is 1. The molecular weight excluding hydrogens is 244 g/mol. The first-order chi connectivity index (χ1) is 6.84. The summed E-state index contributed by atoms with van der Waals surface area (Å²) in [5, 5.41) is 3.40. The lowest BCUT2D eigenvalue weighted by Gasteiger charge is -2.23. The Hall–Kier alpha value is -0.610. The molecule has 1 aliphatic heterocycles. The van der Waals surface area contributed by atoms with E-state index >= 15 is 0 Å². The zero-order valence-corrected chi connectivity index (χ0v) is 9.46. The molecule has 1 fully saturated rings. The molecule has 2 heterocycles. The van der Waals surface area contributed by atoms with Crippen molar-refractivity contribution in [2.24, 2.45) is 0 Å². The lowest BCUT2D eigenvalue weighted by Crippen LogP contribution is -2.29. The zero-order chi connectivity index (χ0) is 9.80. The molecule has 0 bridgehead atoms. The Bertz CT molecular complexity index is 283. The molecule has 14 heavy (non-hydrogen) atoms. The average Bonchev–Trinajstić information content (AvgIpc) is 2.23. The summed E-state index contributed by atoms with van der Waals surface area (Å²) in [4.78, 5) is 4.16. The molecule has 1 aliphatic rings. The van der Waals surface area contributed by atoms with Crippen molar-refractivity contribution in [3.05, 3.63) is 22.9 Å². The number of nitrogens with one attached hydrogen (secondary N) is 1. The van der Waals surface area contributed by atoms with Gasteiger partial charge in [0.05, 0.1) is 18.5 Å². The van der Waals surface area contributed by atoms with Crippen LogP contribution in [-0.2, 0) is 4.74 Å². The Morgan fingerprint density at radius 3 is 3.07 bits per heavy atom. The number of nitrogens with zero attached hydrogens (tertiary/aromatic N) is 1. The predicted molar refractivity (Wildman–Crippen MR) is 59.4 cm³/mol. The van der Waals surface area contributed by atoms with Crippen LogP contribution in [0.5, 0.6) is 0 Å². The smallest absolute Gasteiger partial charge is 0.106 e. The Labute approximate surface area is 92.0 Å². The molecular formula is C10H13BrN2O. The van der Waals surface area contributed by atoms with Crippen LogP contribution in [0, 0.1) is 0 Å². The molecule has 0 aliphatic carbocycles. The minimum Gasteiger partial charge on any atom is -0.379 e. The second-order valence-electron chi connectivity index (χ2n) is 3.43. The summed E-state index contributed by atoms with van der Waals surface area (Å²) in [6.07, 6.45) is 4.15. The van der Waals surface area contributed by atoms with Crippen molar-refractivity contribution in [3.63, 3.8) is 0 Å². The van der Waals surface area contributed by atoms with Gasteiger partial charge in [-0.1, -0.05) is 0 Å². The molecule has 0 saturated carbocycles. The maximum atomic E-state index is 5.39. The highest BCUT2D eigenvalue weighted by atomic mass is 79.9. The Balaban J connectivity index is 1.92. The maximum Gasteiger partial charge on any atom is 0.106 e. The maximum absolute atomic E-state index is 5.39. The molecule has 1 saturated heterocycles. The molecule has 3 nitrogen and oxygen atoms in total. The quantitative estimate of drug-likeness (QED) is 0.826. The fourth-order valence-corrected chi connectivity index (χ4v) is 1.79. The van der Waals surface area contributed by atoms with Crippen molar-refractivity contribution in [2.75, 3.05) is 18.5 Å². The minimum atomic E-state index is 0.437. The lowest BCUT2D eigenvalue weighted by atomic mass is 10.1. The Morgan fingerprint density at radius 1 is 1.50 bits per heavy atom. The van der Waals surface area contributed by atoms with Crippen molar-refractivity contribution in [1.29, 1.82) is 0 Å². The third-order valence-corrected chi connectivity index (χ3v) is 2.73. The van der Waals surface area contributed by atoms with E-state index in [1.54, 1.807) is 0 Å². The number of hydrogen-bond acceptors (Lipinski definition) is 3. The molecule has 1 unspecified atom stereocenters. The van der Waals surface area contributed by atoms with Gasteiger partial charge in [0, 0.05) is 12.6 Å². The zero-order valence-electron chi connectivity index (χ0n) is 7.87. The molecule has 76 valence electrons. The average molecular weight is 257 g/mol. The van der Waals surface area contributed by atoms with Crippen LogP contribution in [0.3, 0.4) is 0 Å². The highest BCUT2D eigenvalue weighted by Crippen LogP contribution is 2.15. The van der Waals surface area contributed by atoms with E-state index in [4.69, 9.17) is 4.74 Å². The van der Waals surface area contributed by atoms with Crippen LogP contribution >= 0.6 is 15.9 Å². The van der Waals surface area contributed by atoms with Crippen LogP contribution in [0.1, 0.15) is 12.8 Å². The number of halogens is 1. The SMILES string of the molecule is Brc1ccc(NC2CCCOC2)cn1. The van der Waals surface area contributed by atoms with E-state index in [2.05, 4.69) is 26.2 Å². The monoisotopic (exact) mass is 256 g/mol. The van der Waals surface area contributed by atoms with Gasteiger partial charge >= 0.3 is 0 Å². The summed E-state index contributed by atoms with van der Waals surface area (Å²) in [5.41, 5.74) is 1.06. The van der Waals surface area contributed by atoms with Crippen LogP contribution in [0.4, 0.5) is 5.69 Å². The number of anilines is 1. The molecule has 1 aromatic heterocycles. The van der Waals surface area contributed by atoms with Crippen molar-refractivity contribution in [2.45, 2.75) is 18.9 Å². The van der Waals surface area contributed by atoms with Gasteiger partial charge in [-0.25, -0.2) is 4.98 Å².